The van der Waals surface area contributed by atoms with E-state index in [1.54, 1.807) is 0 Å². The van der Waals surface area contributed by atoms with Crippen LogP contribution in [0.5, 0.6) is 0 Å². The lowest BCUT2D eigenvalue weighted by Gasteiger charge is -2.24. The number of rotatable bonds is 2. The molecule has 0 aromatic heterocycles. The van der Waals surface area contributed by atoms with Crippen LogP contribution >= 0.6 is 0 Å². The van der Waals surface area contributed by atoms with E-state index in [9.17, 15) is 0 Å². The van der Waals surface area contributed by atoms with E-state index < -0.39 is 0 Å². The Bertz CT molecular complexity index is 367. The van der Waals surface area contributed by atoms with E-state index in [1.807, 2.05) is 25.8 Å². The molecule has 0 radical (unpaired) electrons. The first-order chi connectivity index (χ1) is 6.93. The summed E-state index contributed by atoms with van der Waals surface area (Å²) in [6.45, 7) is 8.27. The van der Waals surface area contributed by atoms with Gasteiger partial charge in [-0.2, -0.15) is 0 Å². The maximum absolute atomic E-state index is 7.96. The van der Waals surface area contributed by atoms with Gasteiger partial charge in [0.15, 0.2) is 0 Å². The van der Waals surface area contributed by atoms with E-state index >= 15 is 0 Å². The van der Waals surface area contributed by atoms with Crippen LogP contribution < -0.4 is 4.90 Å². The zero-order valence-corrected chi connectivity index (χ0v) is 10.3. The number of anilines is 1. The number of hydrogen-bond donors (Lipinski definition) is 1. The van der Waals surface area contributed by atoms with Crippen LogP contribution in [-0.2, 0) is 0 Å². The molecular formula is C13H20N2. The molecule has 2 heteroatoms. The van der Waals surface area contributed by atoms with E-state index in [1.165, 1.54) is 11.1 Å². The normalized spacial score (nSPS) is 10.5. The molecule has 0 heterocycles. The van der Waals surface area contributed by atoms with Gasteiger partial charge in [0.25, 0.3) is 0 Å². The second kappa shape index (κ2) is 4.47. The second-order valence-corrected chi connectivity index (χ2v) is 4.39. The largest absolute Gasteiger partial charge is 0.333 e. The molecule has 0 aliphatic rings. The summed E-state index contributed by atoms with van der Waals surface area (Å²) in [6, 6.07) is 6.33. The lowest BCUT2D eigenvalue weighted by atomic mass is 10.1. The van der Waals surface area contributed by atoms with Crippen molar-refractivity contribution < 1.29 is 0 Å². The average molecular weight is 204 g/mol. The van der Waals surface area contributed by atoms with E-state index in [0.29, 0.717) is 5.84 Å². The third-order valence-electron chi connectivity index (χ3n) is 2.62. The molecule has 0 saturated carbocycles. The van der Waals surface area contributed by atoms with Crippen molar-refractivity contribution in [3.63, 3.8) is 0 Å². The number of nitrogens with zero attached hydrogens (tertiary/aromatic N) is 1. The predicted octanol–water partition coefficient (Wildman–Crippen LogP) is 3.37. The van der Waals surface area contributed by atoms with Crippen molar-refractivity contribution in [2.24, 2.45) is 5.92 Å². The van der Waals surface area contributed by atoms with Gasteiger partial charge in [0.05, 0.1) is 0 Å². The summed E-state index contributed by atoms with van der Waals surface area (Å²) < 4.78 is 0. The first-order valence-corrected chi connectivity index (χ1v) is 5.33. The fourth-order valence-electron chi connectivity index (χ4n) is 1.70. The van der Waals surface area contributed by atoms with Crippen LogP contribution in [0.2, 0.25) is 0 Å². The van der Waals surface area contributed by atoms with Crippen molar-refractivity contribution in [2.45, 2.75) is 27.7 Å². The van der Waals surface area contributed by atoms with Gasteiger partial charge < -0.3 is 4.90 Å². The number of hydrogen-bond acceptors (Lipinski definition) is 1. The molecule has 0 aliphatic heterocycles. The standard InChI is InChI=1S/C13H20N2/c1-9(2)13(14)15(5)12-7-6-10(3)8-11(12)4/h6-9,14H,1-5H3. The van der Waals surface area contributed by atoms with Crippen molar-refractivity contribution in [2.75, 3.05) is 11.9 Å². The zero-order valence-electron chi connectivity index (χ0n) is 10.3. The molecule has 15 heavy (non-hydrogen) atoms. The van der Waals surface area contributed by atoms with Crippen molar-refractivity contribution in [1.29, 1.82) is 5.41 Å². The van der Waals surface area contributed by atoms with Crippen LogP contribution in [0.4, 0.5) is 5.69 Å². The van der Waals surface area contributed by atoms with Gasteiger partial charge in [-0.25, -0.2) is 0 Å². The molecule has 1 N–H and O–H groups in total. The Balaban J connectivity index is 3.01. The maximum Gasteiger partial charge on any atom is 0.103 e. The lowest BCUT2D eigenvalue weighted by Crippen LogP contribution is -2.30. The van der Waals surface area contributed by atoms with E-state index in [4.69, 9.17) is 5.41 Å². The molecule has 1 aromatic carbocycles. The SMILES string of the molecule is Cc1ccc(N(C)C(=N)C(C)C)c(C)c1. The monoisotopic (exact) mass is 204 g/mol. The average Bonchev–Trinajstić information content (AvgIpc) is 2.15. The number of aryl methyl sites for hydroxylation is 2. The smallest absolute Gasteiger partial charge is 0.103 e. The van der Waals surface area contributed by atoms with E-state index in [2.05, 4.69) is 32.0 Å². The van der Waals surface area contributed by atoms with Crippen molar-refractivity contribution >= 4 is 11.5 Å². The Morgan fingerprint density at radius 3 is 2.33 bits per heavy atom. The van der Waals surface area contributed by atoms with Gasteiger partial charge in [0.2, 0.25) is 0 Å². The van der Waals surface area contributed by atoms with Gasteiger partial charge in [-0.1, -0.05) is 31.5 Å². The van der Waals surface area contributed by atoms with Crippen LogP contribution in [0.25, 0.3) is 0 Å². The highest BCUT2D eigenvalue weighted by Crippen LogP contribution is 2.21. The van der Waals surface area contributed by atoms with Gasteiger partial charge >= 0.3 is 0 Å². The summed E-state index contributed by atoms with van der Waals surface area (Å²) >= 11 is 0. The molecule has 0 saturated heterocycles. The molecule has 0 spiro atoms. The molecule has 0 bridgehead atoms. The summed E-state index contributed by atoms with van der Waals surface area (Å²) in [7, 11) is 1.96. The molecule has 82 valence electrons. The fourth-order valence-corrected chi connectivity index (χ4v) is 1.70. The Morgan fingerprint density at radius 2 is 1.87 bits per heavy atom. The minimum absolute atomic E-state index is 0.260. The van der Waals surface area contributed by atoms with Gasteiger partial charge in [0, 0.05) is 18.7 Å². The fraction of sp³-hybridized carbons (Fsp3) is 0.462. The molecule has 0 unspecified atom stereocenters. The van der Waals surface area contributed by atoms with E-state index in [-0.39, 0.29) is 5.92 Å². The number of benzene rings is 1. The summed E-state index contributed by atoms with van der Waals surface area (Å²) in [6.07, 6.45) is 0. The van der Waals surface area contributed by atoms with Gasteiger partial charge in [0.1, 0.15) is 5.84 Å². The van der Waals surface area contributed by atoms with E-state index in [0.717, 1.165) is 5.69 Å². The zero-order chi connectivity index (χ0) is 11.6. The summed E-state index contributed by atoms with van der Waals surface area (Å²) in [5.41, 5.74) is 3.61. The van der Waals surface area contributed by atoms with Crippen LogP contribution in [0.15, 0.2) is 18.2 Å². The van der Waals surface area contributed by atoms with Crippen molar-refractivity contribution in [3.05, 3.63) is 29.3 Å². The Hall–Kier alpha value is -1.31. The van der Waals surface area contributed by atoms with Crippen LogP contribution in [0.3, 0.4) is 0 Å². The molecule has 0 atom stereocenters. The summed E-state index contributed by atoms with van der Waals surface area (Å²) in [4.78, 5) is 1.96. The summed E-state index contributed by atoms with van der Waals surface area (Å²) in [5.74, 6) is 0.914. The first-order valence-electron chi connectivity index (χ1n) is 5.33. The highest BCUT2D eigenvalue weighted by molar-refractivity contribution is 5.96. The first kappa shape index (κ1) is 11.8. The van der Waals surface area contributed by atoms with Crippen molar-refractivity contribution in [3.8, 4) is 0 Å². The second-order valence-electron chi connectivity index (χ2n) is 4.39. The molecule has 1 rings (SSSR count). The number of nitrogens with one attached hydrogen (secondary N) is 1. The minimum Gasteiger partial charge on any atom is -0.333 e. The third-order valence-corrected chi connectivity index (χ3v) is 2.62. The maximum atomic E-state index is 7.96. The quantitative estimate of drug-likeness (QED) is 0.580. The van der Waals surface area contributed by atoms with Gasteiger partial charge in [-0.3, -0.25) is 5.41 Å². The Labute approximate surface area is 92.4 Å². The molecule has 0 amide bonds. The molecular weight excluding hydrogens is 184 g/mol. The summed E-state index contributed by atoms with van der Waals surface area (Å²) in [5, 5.41) is 7.96. The predicted molar refractivity (Wildman–Crippen MR) is 66.9 cm³/mol. The Morgan fingerprint density at radius 1 is 1.27 bits per heavy atom. The van der Waals surface area contributed by atoms with Gasteiger partial charge in [-0.15, -0.1) is 0 Å². The lowest BCUT2D eigenvalue weighted by molar-refractivity contribution is 0.849. The number of amidine groups is 1. The molecule has 1 aromatic rings. The third kappa shape index (κ3) is 2.58. The topological polar surface area (TPSA) is 27.1 Å². The highest BCUT2D eigenvalue weighted by Gasteiger charge is 2.12. The Kier molecular flexibility index (Phi) is 3.51. The molecule has 2 nitrogen and oxygen atoms in total. The van der Waals surface area contributed by atoms with Gasteiger partial charge in [-0.05, 0) is 25.5 Å². The minimum atomic E-state index is 0.260. The van der Waals surface area contributed by atoms with Crippen molar-refractivity contribution in [1.82, 2.24) is 0 Å². The highest BCUT2D eigenvalue weighted by atomic mass is 15.1. The van der Waals surface area contributed by atoms with Crippen LogP contribution in [0, 0.1) is 25.2 Å². The molecule has 0 aliphatic carbocycles. The van der Waals surface area contributed by atoms with Crippen LogP contribution in [-0.4, -0.2) is 12.9 Å². The van der Waals surface area contributed by atoms with Crippen LogP contribution in [0.1, 0.15) is 25.0 Å². The molecule has 0 fully saturated rings.